The van der Waals surface area contributed by atoms with Crippen molar-refractivity contribution in [2.24, 2.45) is 0 Å². The smallest absolute Gasteiger partial charge is 0.323 e. The molecule has 30 heavy (non-hydrogen) atoms. The molecule has 0 saturated carbocycles. The topological polar surface area (TPSA) is 104 Å². The van der Waals surface area contributed by atoms with E-state index < -0.39 is 11.8 Å². The lowest BCUT2D eigenvalue weighted by Crippen LogP contribution is -2.46. The first kappa shape index (κ1) is 21.7. The highest BCUT2D eigenvalue weighted by molar-refractivity contribution is 5.99. The highest BCUT2D eigenvalue weighted by Crippen LogP contribution is 2.15. The highest BCUT2D eigenvalue weighted by atomic mass is 19.1. The fraction of sp³-hybridized carbons (Fsp3) is 0.381. The second kappa shape index (κ2) is 11.2. The van der Waals surface area contributed by atoms with Crippen LogP contribution in [0.3, 0.4) is 0 Å². The van der Waals surface area contributed by atoms with Gasteiger partial charge in [-0.15, -0.1) is 0 Å². The number of urea groups is 1. The Morgan fingerprint density at radius 3 is 2.87 bits per heavy atom. The van der Waals surface area contributed by atoms with Crippen LogP contribution in [0.4, 0.5) is 20.6 Å². The van der Waals surface area contributed by atoms with Crippen LogP contribution >= 0.6 is 0 Å². The van der Waals surface area contributed by atoms with E-state index in [4.69, 9.17) is 4.74 Å². The molecule has 0 radical (unpaired) electrons. The average molecular weight is 415 g/mol. The van der Waals surface area contributed by atoms with Gasteiger partial charge in [0.2, 0.25) is 5.91 Å². The van der Waals surface area contributed by atoms with Crippen LogP contribution in [0.1, 0.15) is 18.4 Å². The number of rotatable bonds is 8. The molecule has 4 N–H and O–H groups in total. The predicted molar refractivity (Wildman–Crippen MR) is 112 cm³/mol. The summed E-state index contributed by atoms with van der Waals surface area (Å²) in [4.78, 5) is 27.9. The van der Waals surface area contributed by atoms with Gasteiger partial charge in [0.05, 0.1) is 18.5 Å². The molecule has 1 aliphatic rings. The number of hydrogen-bond acceptors (Lipinski definition) is 5. The number of anilines is 2. The second-order valence-electron chi connectivity index (χ2n) is 7.08. The Hall–Kier alpha value is -3.04. The van der Waals surface area contributed by atoms with Gasteiger partial charge in [-0.1, -0.05) is 0 Å². The van der Waals surface area contributed by atoms with Crippen LogP contribution in [0, 0.1) is 5.82 Å². The molecule has 0 unspecified atom stereocenters. The van der Waals surface area contributed by atoms with Crippen molar-refractivity contribution < 1.29 is 18.7 Å². The predicted octanol–water partition coefficient (Wildman–Crippen LogP) is 2.29. The Morgan fingerprint density at radius 1 is 1.23 bits per heavy atom. The standard InChI is InChI=1S/C21H26FN5O3/c22-16-9-15(5-8-30-14-20(28)25-17-3-1-6-23-12-17)10-19(11-16)27-21(29)26-18-4-2-7-24-13-18/h2,4,7,9-11,13,17,23H,1,3,5-6,8,12,14H2,(H,25,28)(H2,26,27,29)/t17-/m1/s1. The number of hydrogen-bond donors (Lipinski definition) is 4. The zero-order chi connectivity index (χ0) is 21.2. The van der Waals surface area contributed by atoms with Crippen molar-refractivity contribution in [2.45, 2.75) is 25.3 Å². The summed E-state index contributed by atoms with van der Waals surface area (Å²) in [5, 5.41) is 11.4. The van der Waals surface area contributed by atoms with Crippen molar-refractivity contribution in [3.63, 3.8) is 0 Å². The molecule has 0 spiro atoms. The number of benzene rings is 1. The van der Waals surface area contributed by atoms with Gasteiger partial charge in [-0.3, -0.25) is 9.78 Å². The second-order valence-corrected chi connectivity index (χ2v) is 7.08. The van der Waals surface area contributed by atoms with Crippen LogP contribution in [-0.4, -0.2) is 49.3 Å². The molecule has 8 nitrogen and oxygen atoms in total. The third-order valence-electron chi connectivity index (χ3n) is 4.57. The van der Waals surface area contributed by atoms with E-state index in [9.17, 15) is 14.0 Å². The molecule has 1 saturated heterocycles. The van der Waals surface area contributed by atoms with E-state index in [1.54, 1.807) is 24.4 Å². The molecule has 1 aromatic heterocycles. The lowest BCUT2D eigenvalue weighted by Gasteiger charge is -2.23. The van der Waals surface area contributed by atoms with Gasteiger partial charge in [0, 0.05) is 24.5 Å². The fourth-order valence-corrected chi connectivity index (χ4v) is 3.20. The maximum Gasteiger partial charge on any atom is 0.323 e. The minimum atomic E-state index is -0.496. The molecule has 1 aromatic carbocycles. The zero-order valence-corrected chi connectivity index (χ0v) is 16.6. The number of halogens is 1. The normalized spacial score (nSPS) is 16.0. The Morgan fingerprint density at radius 2 is 2.10 bits per heavy atom. The van der Waals surface area contributed by atoms with Crippen LogP contribution in [0.15, 0.2) is 42.7 Å². The summed E-state index contributed by atoms with van der Waals surface area (Å²) in [6, 6.07) is 7.32. The number of carbonyl (C=O) groups is 2. The van der Waals surface area contributed by atoms with Crippen molar-refractivity contribution in [1.82, 2.24) is 15.6 Å². The number of ether oxygens (including phenoxy) is 1. The van der Waals surface area contributed by atoms with Gasteiger partial charge in [-0.05, 0) is 61.7 Å². The number of amides is 3. The van der Waals surface area contributed by atoms with Gasteiger partial charge in [-0.25, -0.2) is 9.18 Å². The molecule has 160 valence electrons. The van der Waals surface area contributed by atoms with Crippen LogP contribution < -0.4 is 21.3 Å². The van der Waals surface area contributed by atoms with Gasteiger partial charge in [0.1, 0.15) is 12.4 Å². The van der Waals surface area contributed by atoms with Gasteiger partial charge < -0.3 is 26.0 Å². The third kappa shape index (κ3) is 7.41. The summed E-state index contributed by atoms with van der Waals surface area (Å²) in [5.74, 6) is -0.621. The van der Waals surface area contributed by atoms with Crippen molar-refractivity contribution in [2.75, 3.05) is 36.9 Å². The van der Waals surface area contributed by atoms with Gasteiger partial charge >= 0.3 is 6.03 Å². The summed E-state index contributed by atoms with van der Waals surface area (Å²) in [7, 11) is 0. The largest absolute Gasteiger partial charge is 0.371 e. The van der Waals surface area contributed by atoms with E-state index in [0.29, 0.717) is 23.4 Å². The molecule has 1 atom stereocenters. The van der Waals surface area contributed by atoms with Crippen LogP contribution in [-0.2, 0) is 16.0 Å². The molecule has 2 heterocycles. The minimum absolute atomic E-state index is 0.0373. The number of nitrogens with one attached hydrogen (secondary N) is 4. The van der Waals surface area contributed by atoms with Crippen molar-refractivity contribution in [1.29, 1.82) is 0 Å². The molecule has 0 bridgehead atoms. The first-order valence-corrected chi connectivity index (χ1v) is 9.94. The van der Waals surface area contributed by atoms with Crippen molar-refractivity contribution in [3.05, 3.63) is 54.1 Å². The molecule has 1 aliphatic heterocycles. The van der Waals surface area contributed by atoms with E-state index in [0.717, 1.165) is 25.9 Å². The molecular formula is C21H26FN5O3. The van der Waals surface area contributed by atoms with Crippen molar-refractivity contribution in [3.8, 4) is 0 Å². The SMILES string of the molecule is O=C(COCCc1cc(F)cc(NC(=O)Nc2cccnc2)c1)N[C@@H]1CCCNC1. The minimum Gasteiger partial charge on any atom is -0.371 e. The molecule has 0 aliphatic carbocycles. The first-order chi connectivity index (χ1) is 14.6. The fourth-order valence-electron chi connectivity index (χ4n) is 3.20. The van der Waals surface area contributed by atoms with Crippen LogP contribution in [0.5, 0.6) is 0 Å². The lowest BCUT2D eigenvalue weighted by molar-refractivity contribution is -0.126. The Balaban J connectivity index is 1.42. The summed E-state index contributed by atoms with van der Waals surface area (Å²) in [6.07, 6.45) is 5.53. The van der Waals surface area contributed by atoms with E-state index >= 15 is 0 Å². The molecule has 9 heteroatoms. The van der Waals surface area contributed by atoms with Gasteiger partial charge in [0.15, 0.2) is 0 Å². The van der Waals surface area contributed by atoms with E-state index in [1.165, 1.54) is 18.3 Å². The highest BCUT2D eigenvalue weighted by Gasteiger charge is 2.15. The monoisotopic (exact) mass is 415 g/mol. The molecule has 1 fully saturated rings. The Kier molecular flexibility index (Phi) is 8.10. The molecule has 2 aromatic rings. The third-order valence-corrected chi connectivity index (χ3v) is 4.57. The average Bonchev–Trinajstić information content (AvgIpc) is 2.72. The summed E-state index contributed by atoms with van der Waals surface area (Å²) >= 11 is 0. The zero-order valence-electron chi connectivity index (χ0n) is 16.6. The number of pyridine rings is 1. The number of aromatic nitrogens is 1. The Labute approximate surface area is 174 Å². The maximum atomic E-state index is 13.9. The molecular weight excluding hydrogens is 389 g/mol. The first-order valence-electron chi connectivity index (χ1n) is 9.94. The van der Waals surface area contributed by atoms with Gasteiger partial charge in [0.25, 0.3) is 0 Å². The number of piperidine rings is 1. The summed E-state index contributed by atoms with van der Waals surface area (Å²) < 4.78 is 19.3. The molecule has 3 rings (SSSR count). The van der Waals surface area contributed by atoms with Gasteiger partial charge in [-0.2, -0.15) is 0 Å². The molecule has 3 amide bonds. The maximum absolute atomic E-state index is 13.9. The van der Waals surface area contributed by atoms with E-state index in [1.807, 2.05) is 0 Å². The van der Waals surface area contributed by atoms with E-state index in [2.05, 4.69) is 26.3 Å². The number of nitrogens with zero attached hydrogens (tertiary/aromatic N) is 1. The Bertz CT molecular complexity index is 844. The summed E-state index contributed by atoms with van der Waals surface area (Å²) in [5.41, 5.74) is 1.51. The van der Waals surface area contributed by atoms with Crippen molar-refractivity contribution >= 4 is 23.3 Å². The van der Waals surface area contributed by atoms with E-state index in [-0.39, 0.29) is 25.2 Å². The quantitative estimate of drug-likeness (QED) is 0.495. The number of carbonyl (C=O) groups excluding carboxylic acids is 2. The summed E-state index contributed by atoms with van der Waals surface area (Å²) in [6.45, 7) is 1.99. The van der Waals surface area contributed by atoms with Crippen LogP contribution in [0.2, 0.25) is 0 Å². The van der Waals surface area contributed by atoms with Crippen LogP contribution in [0.25, 0.3) is 0 Å². The lowest BCUT2D eigenvalue weighted by atomic mass is 10.1.